The van der Waals surface area contributed by atoms with E-state index in [1.807, 2.05) is 13.0 Å². The fraction of sp³-hybridized carbons (Fsp3) is 0.333. The van der Waals surface area contributed by atoms with Crippen molar-refractivity contribution in [2.75, 3.05) is 44.3 Å². The number of aryl methyl sites for hydroxylation is 2. The molecular weight excluding hydrogens is 440 g/mol. The first-order valence-corrected chi connectivity index (χ1v) is 11.6. The summed E-state index contributed by atoms with van der Waals surface area (Å²) in [7, 11) is 0. The number of hydrogen-bond acceptors (Lipinski definition) is 7. The van der Waals surface area contributed by atoms with Crippen molar-refractivity contribution in [2.45, 2.75) is 13.8 Å². The Hall–Kier alpha value is -3.14. The van der Waals surface area contributed by atoms with Gasteiger partial charge in [-0.15, -0.1) is 0 Å². The van der Waals surface area contributed by atoms with Crippen molar-refractivity contribution >= 4 is 44.4 Å². The minimum Gasteiger partial charge on any atom is -0.379 e. The van der Waals surface area contributed by atoms with E-state index in [9.17, 15) is 14.9 Å². The number of benzene rings is 2. The summed E-state index contributed by atoms with van der Waals surface area (Å²) < 4.78 is 6.51. The smallest absolute Gasteiger partial charge is 0.269 e. The van der Waals surface area contributed by atoms with Gasteiger partial charge in [-0.25, -0.2) is 4.98 Å². The maximum atomic E-state index is 13.2. The molecular formula is C24H26N4O4S. The van der Waals surface area contributed by atoms with Gasteiger partial charge in [-0.05, 0) is 54.8 Å². The Morgan fingerprint density at radius 1 is 1.24 bits per heavy atom. The summed E-state index contributed by atoms with van der Waals surface area (Å²) in [5.41, 5.74) is 3.93. The van der Waals surface area contributed by atoms with Crippen LogP contribution in [0.15, 0.2) is 42.5 Å². The fourth-order valence-electron chi connectivity index (χ4n) is 3.81. The van der Waals surface area contributed by atoms with E-state index in [1.165, 1.54) is 29.5 Å². The fourth-order valence-corrected chi connectivity index (χ4v) is 4.86. The molecule has 33 heavy (non-hydrogen) atoms. The second-order valence-electron chi connectivity index (χ2n) is 8.05. The molecule has 1 saturated heterocycles. The molecule has 1 fully saturated rings. The van der Waals surface area contributed by atoms with E-state index in [0.717, 1.165) is 46.5 Å². The second-order valence-corrected chi connectivity index (χ2v) is 9.03. The third-order valence-corrected chi connectivity index (χ3v) is 6.80. The van der Waals surface area contributed by atoms with Crippen molar-refractivity contribution in [3.05, 3.63) is 69.3 Å². The van der Waals surface area contributed by atoms with Crippen molar-refractivity contribution in [1.82, 2.24) is 9.88 Å². The summed E-state index contributed by atoms with van der Waals surface area (Å²) >= 11 is 1.52. The van der Waals surface area contributed by atoms with Crippen LogP contribution in [0.5, 0.6) is 0 Å². The Balaban J connectivity index is 1.58. The average molecular weight is 467 g/mol. The lowest BCUT2D eigenvalue weighted by atomic mass is 10.1. The quantitative estimate of drug-likeness (QED) is 0.295. The lowest BCUT2D eigenvalue weighted by molar-refractivity contribution is -0.384. The molecule has 172 valence electrons. The number of anilines is 1. The monoisotopic (exact) mass is 466 g/mol. The van der Waals surface area contributed by atoms with Gasteiger partial charge < -0.3 is 4.74 Å². The molecule has 9 heteroatoms. The van der Waals surface area contributed by atoms with Crippen LogP contribution < -0.4 is 4.90 Å². The Morgan fingerprint density at radius 3 is 2.67 bits per heavy atom. The first kappa shape index (κ1) is 23.0. The van der Waals surface area contributed by atoms with Gasteiger partial charge in [-0.3, -0.25) is 24.7 Å². The molecule has 2 heterocycles. The maximum absolute atomic E-state index is 13.2. The number of morpholine rings is 1. The number of nitro benzene ring substituents is 1. The predicted molar refractivity (Wildman–Crippen MR) is 131 cm³/mol. The zero-order valence-electron chi connectivity index (χ0n) is 18.7. The van der Waals surface area contributed by atoms with Gasteiger partial charge in [0.2, 0.25) is 0 Å². The highest BCUT2D eigenvalue weighted by atomic mass is 32.1. The van der Waals surface area contributed by atoms with Crippen molar-refractivity contribution in [3.63, 3.8) is 0 Å². The second kappa shape index (κ2) is 10.2. The molecule has 0 radical (unpaired) electrons. The summed E-state index contributed by atoms with van der Waals surface area (Å²) in [5, 5.41) is 11.5. The molecule has 1 aliphatic rings. The van der Waals surface area contributed by atoms with Gasteiger partial charge in [0.1, 0.15) is 0 Å². The van der Waals surface area contributed by atoms with Crippen LogP contribution in [0.25, 0.3) is 16.3 Å². The molecule has 8 nitrogen and oxygen atoms in total. The van der Waals surface area contributed by atoms with Crippen LogP contribution >= 0.6 is 11.3 Å². The number of hydrogen-bond donors (Lipinski definition) is 0. The molecule has 0 atom stereocenters. The largest absolute Gasteiger partial charge is 0.379 e. The number of fused-ring (bicyclic) bond motifs is 1. The standard InChI is InChI=1S/C24H26N4O4S/c1-17-15-18(2)23-21(16-17)25-24(33-23)27(10-9-26-11-13-32-14-12-26)22(29)8-5-19-3-6-20(7-4-19)28(30)31/h3-8,15-16H,9-14H2,1-2H3/b8-5+. The SMILES string of the molecule is Cc1cc(C)c2sc(N(CCN3CCOCC3)C(=O)/C=C/c3ccc([N+](=O)[O-])cc3)nc2c1. The van der Waals surface area contributed by atoms with E-state index < -0.39 is 4.92 Å². The average Bonchev–Trinajstić information content (AvgIpc) is 3.23. The third kappa shape index (κ3) is 5.62. The Labute approximate surface area is 196 Å². The van der Waals surface area contributed by atoms with Crippen molar-refractivity contribution in [2.24, 2.45) is 0 Å². The Morgan fingerprint density at radius 2 is 1.97 bits per heavy atom. The van der Waals surface area contributed by atoms with Gasteiger partial charge in [0.15, 0.2) is 5.13 Å². The van der Waals surface area contributed by atoms with Gasteiger partial charge in [-0.1, -0.05) is 17.4 Å². The number of ether oxygens (including phenoxy) is 1. The number of rotatable bonds is 7. The van der Waals surface area contributed by atoms with Crippen LogP contribution in [0.3, 0.4) is 0 Å². The lowest BCUT2D eigenvalue weighted by Crippen LogP contribution is -2.42. The molecule has 1 aromatic heterocycles. The van der Waals surface area contributed by atoms with Gasteiger partial charge in [0.25, 0.3) is 11.6 Å². The van der Waals surface area contributed by atoms with E-state index >= 15 is 0 Å². The molecule has 0 spiro atoms. The maximum Gasteiger partial charge on any atom is 0.269 e. The summed E-state index contributed by atoms with van der Waals surface area (Å²) in [6, 6.07) is 10.3. The number of nitro groups is 1. The molecule has 1 aliphatic heterocycles. The van der Waals surface area contributed by atoms with Crippen LogP contribution in [-0.2, 0) is 9.53 Å². The van der Waals surface area contributed by atoms with Gasteiger partial charge in [0.05, 0.1) is 28.4 Å². The lowest BCUT2D eigenvalue weighted by Gasteiger charge is -2.28. The summed E-state index contributed by atoms with van der Waals surface area (Å²) in [4.78, 5) is 32.4. The molecule has 0 bridgehead atoms. The third-order valence-electron chi connectivity index (χ3n) is 5.57. The van der Waals surface area contributed by atoms with Crippen LogP contribution in [0.1, 0.15) is 16.7 Å². The van der Waals surface area contributed by atoms with Crippen LogP contribution in [-0.4, -0.2) is 60.1 Å². The molecule has 0 N–H and O–H groups in total. The van der Waals surface area contributed by atoms with Crippen LogP contribution in [0, 0.1) is 24.0 Å². The van der Waals surface area contributed by atoms with Crippen molar-refractivity contribution < 1.29 is 14.5 Å². The van der Waals surface area contributed by atoms with Gasteiger partial charge >= 0.3 is 0 Å². The first-order valence-electron chi connectivity index (χ1n) is 10.8. The highest BCUT2D eigenvalue weighted by Crippen LogP contribution is 2.32. The van der Waals surface area contributed by atoms with Gasteiger partial charge in [-0.2, -0.15) is 0 Å². The molecule has 3 aromatic rings. The predicted octanol–water partition coefficient (Wildman–Crippen LogP) is 4.20. The molecule has 4 rings (SSSR count). The van der Waals surface area contributed by atoms with E-state index in [1.54, 1.807) is 23.1 Å². The molecule has 0 saturated carbocycles. The number of thiazole rings is 1. The van der Waals surface area contributed by atoms with Crippen molar-refractivity contribution in [3.8, 4) is 0 Å². The minimum absolute atomic E-state index is 0.0192. The van der Waals surface area contributed by atoms with E-state index in [0.29, 0.717) is 24.9 Å². The highest BCUT2D eigenvalue weighted by molar-refractivity contribution is 7.22. The minimum atomic E-state index is -0.442. The number of amides is 1. The molecule has 0 unspecified atom stereocenters. The summed E-state index contributed by atoms with van der Waals surface area (Å²) in [6.45, 7) is 8.44. The van der Waals surface area contributed by atoms with Crippen LogP contribution in [0.2, 0.25) is 0 Å². The summed E-state index contributed by atoms with van der Waals surface area (Å²) in [6.07, 6.45) is 3.18. The van der Waals surface area contributed by atoms with Crippen LogP contribution in [0.4, 0.5) is 10.8 Å². The van der Waals surface area contributed by atoms with Gasteiger partial charge in [0, 0.05) is 44.4 Å². The number of non-ortho nitro benzene ring substituents is 1. The zero-order chi connectivity index (χ0) is 23.4. The van der Waals surface area contributed by atoms with E-state index in [4.69, 9.17) is 9.72 Å². The molecule has 2 aromatic carbocycles. The zero-order valence-corrected chi connectivity index (χ0v) is 19.5. The Bertz CT molecular complexity index is 1180. The molecule has 0 aliphatic carbocycles. The first-order chi connectivity index (χ1) is 15.9. The van der Waals surface area contributed by atoms with E-state index in [2.05, 4.69) is 17.9 Å². The number of nitrogens with zero attached hydrogens (tertiary/aromatic N) is 4. The number of carbonyl (C=O) groups excluding carboxylic acids is 1. The number of carbonyl (C=O) groups is 1. The normalized spacial score (nSPS) is 14.7. The number of aromatic nitrogens is 1. The highest BCUT2D eigenvalue weighted by Gasteiger charge is 2.20. The Kier molecular flexibility index (Phi) is 7.12. The van der Waals surface area contributed by atoms with Crippen molar-refractivity contribution in [1.29, 1.82) is 0 Å². The van der Waals surface area contributed by atoms with E-state index in [-0.39, 0.29) is 11.6 Å². The topological polar surface area (TPSA) is 88.8 Å². The molecule has 1 amide bonds. The summed E-state index contributed by atoms with van der Waals surface area (Å²) in [5.74, 6) is -0.171.